The number of fused-ring (bicyclic) bond motifs is 1. The van der Waals surface area contributed by atoms with Crippen LogP contribution in [0.1, 0.15) is 38.1 Å². The predicted octanol–water partition coefficient (Wildman–Crippen LogP) is 5.58. The molecule has 12 heteroatoms. The van der Waals surface area contributed by atoms with E-state index in [4.69, 9.17) is 16.7 Å². The van der Waals surface area contributed by atoms with Gasteiger partial charge in [-0.1, -0.05) is 42.8 Å². The number of amides is 1. The Hall–Kier alpha value is -3.60. The third kappa shape index (κ3) is 4.52. The number of halogens is 4. The van der Waals surface area contributed by atoms with Crippen LogP contribution in [0.4, 0.5) is 19.0 Å². The maximum atomic E-state index is 13.2. The van der Waals surface area contributed by atoms with Gasteiger partial charge in [0.25, 0.3) is 0 Å². The smallest absolute Gasteiger partial charge is 0.333 e. The molecular weight excluding hydrogens is 507 g/mol. The van der Waals surface area contributed by atoms with Gasteiger partial charge < -0.3 is 4.57 Å². The Kier molecular flexibility index (Phi) is 6.13. The van der Waals surface area contributed by atoms with E-state index in [1.165, 1.54) is 11.6 Å². The van der Waals surface area contributed by atoms with Crippen molar-refractivity contribution in [2.24, 2.45) is 13.0 Å². The van der Waals surface area contributed by atoms with E-state index in [-0.39, 0.29) is 30.2 Å². The zero-order valence-corrected chi connectivity index (χ0v) is 21.4. The summed E-state index contributed by atoms with van der Waals surface area (Å²) < 4.78 is 44.1. The second-order valence-corrected chi connectivity index (χ2v) is 9.94. The van der Waals surface area contributed by atoms with Crippen LogP contribution in [0, 0.1) is 5.92 Å². The van der Waals surface area contributed by atoms with Crippen LogP contribution in [-0.4, -0.2) is 35.0 Å². The van der Waals surface area contributed by atoms with Crippen molar-refractivity contribution in [1.82, 2.24) is 29.1 Å². The maximum absolute atomic E-state index is 13.2. The number of benzene rings is 1. The molecule has 0 bridgehead atoms. The fourth-order valence-electron chi connectivity index (χ4n) is 4.54. The van der Waals surface area contributed by atoms with Crippen molar-refractivity contribution in [2.45, 2.75) is 46.1 Å². The fourth-order valence-corrected chi connectivity index (χ4v) is 4.76. The molecule has 0 saturated carbocycles. The third-order valence-electron chi connectivity index (χ3n) is 6.37. The number of carbonyl (C=O) groups excluding carboxylic acids is 1. The predicted molar refractivity (Wildman–Crippen MR) is 133 cm³/mol. The number of imidazole rings is 1. The summed E-state index contributed by atoms with van der Waals surface area (Å²) in [6.07, 6.45) is -1.96. The molecule has 4 aromatic rings. The number of hydrogen-bond donors (Lipinski definition) is 0. The highest BCUT2D eigenvalue weighted by Gasteiger charge is 2.35. The molecule has 5 rings (SSSR count). The van der Waals surface area contributed by atoms with Crippen molar-refractivity contribution < 1.29 is 18.0 Å². The number of hydrogen-bond acceptors (Lipinski definition) is 4. The Morgan fingerprint density at radius 3 is 2.51 bits per heavy atom. The van der Waals surface area contributed by atoms with Crippen molar-refractivity contribution in [2.75, 3.05) is 4.90 Å². The van der Waals surface area contributed by atoms with Crippen molar-refractivity contribution in [3.8, 4) is 22.8 Å². The van der Waals surface area contributed by atoms with Gasteiger partial charge in [0.2, 0.25) is 5.91 Å². The Morgan fingerprint density at radius 1 is 1.19 bits per heavy atom. The highest BCUT2D eigenvalue weighted by molar-refractivity contribution is 6.33. The monoisotopic (exact) mass is 531 g/mol. The Morgan fingerprint density at radius 2 is 1.89 bits per heavy atom. The maximum Gasteiger partial charge on any atom is 0.434 e. The van der Waals surface area contributed by atoms with Gasteiger partial charge in [0, 0.05) is 30.9 Å². The fraction of sp³-hybridized carbons (Fsp3) is 0.360. The minimum absolute atomic E-state index is 0.0367. The summed E-state index contributed by atoms with van der Waals surface area (Å²) in [5.41, 5.74) is 1.74. The average Bonchev–Trinajstić information content (AvgIpc) is 3.53. The molecule has 0 fully saturated rings. The molecule has 0 saturated heterocycles. The molecule has 0 spiro atoms. The molecule has 1 aromatic carbocycles. The van der Waals surface area contributed by atoms with Gasteiger partial charge in [-0.25, -0.2) is 9.67 Å². The molecule has 4 heterocycles. The largest absolute Gasteiger partial charge is 0.434 e. The number of carbonyl (C=O) groups is 1. The molecular formula is C25H25ClF3N7O. The molecule has 1 atom stereocenters. The number of alkyl halides is 3. The lowest BCUT2D eigenvalue weighted by molar-refractivity contribution is -0.140. The number of rotatable bonds is 5. The van der Waals surface area contributed by atoms with Crippen LogP contribution in [0.3, 0.4) is 0 Å². The molecule has 0 aliphatic carbocycles. The summed E-state index contributed by atoms with van der Waals surface area (Å²) in [6, 6.07) is 8.90. The van der Waals surface area contributed by atoms with E-state index in [1.54, 1.807) is 44.7 Å². The first-order chi connectivity index (χ1) is 17.4. The molecule has 194 valence electrons. The number of aromatic nitrogens is 6. The van der Waals surface area contributed by atoms with Crippen molar-refractivity contribution in [3.63, 3.8) is 0 Å². The van der Waals surface area contributed by atoms with Gasteiger partial charge >= 0.3 is 6.18 Å². The van der Waals surface area contributed by atoms with Gasteiger partial charge in [-0.2, -0.15) is 23.4 Å². The molecule has 1 unspecified atom stereocenters. The Bertz CT molecular complexity index is 1470. The standard InChI is InChI=1S/C25H25ClF3N7O/c1-14(2)36-22(18(26)10-30-36)19-9-21-34(24(37)15(3)11-35(21)32-19)12-16-5-7-17(8-6-16)23-31-20(13-33(23)4)25(27,28)29/h5-10,13-15H,11-12H2,1-4H3. The lowest BCUT2D eigenvalue weighted by Crippen LogP contribution is -2.42. The van der Waals surface area contributed by atoms with E-state index in [0.717, 1.165) is 11.8 Å². The zero-order chi connectivity index (χ0) is 26.6. The quantitative estimate of drug-likeness (QED) is 0.337. The second-order valence-electron chi connectivity index (χ2n) is 9.53. The molecule has 0 radical (unpaired) electrons. The van der Waals surface area contributed by atoms with Crippen LogP contribution >= 0.6 is 11.6 Å². The van der Waals surface area contributed by atoms with Gasteiger partial charge in [-0.3, -0.25) is 14.4 Å². The molecule has 1 amide bonds. The van der Waals surface area contributed by atoms with E-state index in [0.29, 0.717) is 34.3 Å². The Labute approximate surface area is 216 Å². The average molecular weight is 532 g/mol. The summed E-state index contributed by atoms with van der Waals surface area (Å²) >= 11 is 6.43. The Balaban J connectivity index is 1.45. The zero-order valence-electron chi connectivity index (χ0n) is 20.7. The van der Waals surface area contributed by atoms with Crippen LogP contribution in [0.2, 0.25) is 5.02 Å². The van der Waals surface area contributed by atoms with Gasteiger partial charge in [-0.15, -0.1) is 0 Å². The lowest BCUT2D eigenvalue weighted by Gasteiger charge is -2.31. The van der Waals surface area contributed by atoms with Gasteiger partial charge in [0.05, 0.1) is 30.2 Å². The number of nitrogens with zero attached hydrogens (tertiary/aromatic N) is 7. The van der Waals surface area contributed by atoms with E-state index < -0.39 is 11.9 Å². The van der Waals surface area contributed by atoms with E-state index in [2.05, 4.69) is 10.1 Å². The van der Waals surface area contributed by atoms with Crippen LogP contribution in [0.5, 0.6) is 0 Å². The lowest BCUT2D eigenvalue weighted by atomic mass is 10.1. The SMILES string of the molecule is CC1Cn2nc(-c3c(Cl)cnn3C(C)C)cc2N(Cc2ccc(-c3nc(C(F)(F)F)cn3C)cc2)C1=O. The molecule has 1 aliphatic rings. The van der Waals surface area contributed by atoms with Crippen LogP contribution < -0.4 is 4.90 Å². The normalized spacial score (nSPS) is 16.1. The third-order valence-corrected chi connectivity index (χ3v) is 6.65. The minimum Gasteiger partial charge on any atom is -0.333 e. The molecule has 3 aromatic heterocycles. The second kappa shape index (κ2) is 9.05. The number of anilines is 1. The minimum atomic E-state index is -4.51. The molecule has 0 N–H and O–H groups in total. The van der Waals surface area contributed by atoms with Crippen LogP contribution in [-0.2, 0) is 31.1 Å². The van der Waals surface area contributed by atoms with Gasteiger partial charge in [0.15, 0.2) is 5.69 Å². The van der Waals surface area contributed by atoms with Crippen LogP contribution in [0.25, 0.3) is 22.8 Å². The summed E-state index contributed by atoms with van der Waals surface area (Å²) in [5.74, 6) is 0.542. The molecule has 1 aliphatic heterocycles. The van der Waals surface area contributed by atoms with Crippen molar-refractivity contribution >= 4 is 23.3 Å². The van der Waals surface area contributed by atoms with Crippen molar-refractivity contribution in [3.05, 3.63) is 59.0 Å². The molecule has 37 heavy (non-hydrogen) atoms. The highest BCUT2D eigenvalue weighted by atomic mass is 35.5. The topological polar surface area (TPSA) is 73.8 Å². The summed E-state index contributed by atoms with van der Waals surface area (Å²) in [7, 11) is 1.52. The summed E-state index contributed by atoms with van der Waals surface area (Å²) in [6.45, 7) is 6.57. The first kappa shape index (κ1) is 25.1. The molecule has 8 nitrogen and oxygen atoms in total. The van der Waals surface area contributed by atoms with E-state index in [1.807, 2.05) is 26.8 Å². The first-order valence-corrected chi connectivity index (χ1v) is 12.1. The van der Waals surface area contributed by atoms with Gasteiger partial charge in [-0.05, 0) is 19.4 Å². The van der Waals surface area contributed by atoms with Gasteiger partial charge in [0.1, 0.15) is 23.0 Å². The van der Waals surface area contributed by atoms with Crippen LogP contribution in [0.15, 0.2) is 42.7 Å². The summed E-state index contributed by atoms with van der Waals surface area (Å²) in [4.78, 5) is 18.6. The number of aryl methyl sites for hydroxylation is 1. The van der Waals surface area contributed by atoms with Crippen molar-refractivity contribution in [1.29, 1.82) is 0 Å². The summed E-state index contributed by atoms with van der Waals surface area (Å²) in [5, 5.41) is 9.57. The first-order valence-electron chi connectivity index (χ1n) is 11.8. The van der Waals surface area contributed by atoms with E-state index in [9.17, 15) is 18.0 Å². The highest BCUT2D eigenvalue weighted by Crippen LogP contribution is 2.35. The van der Waals surface area contributed by atoms with E-state index >= 15 is 0 Å².